The molecule has 0 saturated heterocycles. The first-order chi connectivity index (χ1) is 8.06. The van der Waals surface area contributed by atoms with Gasteiger partial charge in [-0.2, -0.15) is 35.2 Å². The molecular formula is C14H34HfN3P. The van der Waals surface area contributed by atoms with Crippen molar-refractivity contribution >= 4 is 8.07 Å². The maximum atomic E-state index is 4.35. The van der Waals surface area contributed by atoms with E-state index in [0.717, 1.165) is 11.8 Å². The predicted octanol–water partition coefficient (Wildman–Crippen LogP) is 5.14. The van der Waals surface area contributed by atoms with Gasteiger partial charge in [-0.3, -0.25) is 0 Å². The van der Waals surface area contributed by atoms with Crippen LogP contribution >= 0.6 is 8.07 Å². The first-order valence-electron chi connectivity index (χ1n) is 6.33. The van der Waals surface area contributed by atoms with Gasteiger partial charge >= 0.3 is 25.8 Å². The second-order valence-electron chi connectivity index (χ2n) is 4.60. The molecule has 1 rings (SSSR count). The first kappa shape index (κ1) is 28.4. The Balaban J connectivity index is -0.000000122. The van der Waals surface area contributed by atoms with Crippen LogP contribution in [-0.4, -0.2) is 48.1 Å². The van der Waals surface area contributed by atoms with Crippen LogP contribution in [0.15, 0.2) is 0 Å². The van der Waals surface area contributed by atoms with E-state index in [2.05, 4.69) is 29.3 Å². The molecule has 0 radical (unpaired) electrons. The van der Waals surface area contributed by atoms with Crippen LogP contribution in [-0.2, 0) is 25.8 Å². The molecule has 0 amide bonds. The van der Waals surface area contributed by atoms with Crippen molar-refractivity contribution in [3.63, 3.8) is 0 Å². The van der Waals surface area contributed by atoms with E-state index in [1.54, 1.807) is 28.2 Å². The van der Waals surface area contributed by atoms with Crippen LogP contribution in [0, 0.1) is 19.3 Å². The smallest absolute Gasteiger partial charge is 0.668 e. The van der Waals surface area contributed by atoms with Crippen molar-refractivity contribution < 1.29 is 25.8 Å². The largest absolute Gasteiger partial charge is 4.00 e. The first-order valence-corrected chi connectivity index (χ1v) is 8.26. The Morgan fingerprint density at radius 3 is 1.68 bits per heavy atom. The van der Waals surface area contributed by atoms with Crippen molar-refractivity contribution in [2.75, 3.05) is 48.1 Å². The summed E-state index contributed by atoms with van der Waals surface area (Å²) >= 11 is 0. The molecule has 114 valence electrons. The molecule has 0 spiro atoms. The summed E-state index contributed by atoms with van der Waals surface area (Å²) in [6.07, 6.45) is 5.76. The molecule has 1 aliphatic carbocycles. The molecule has 1 aliphatic rings. The summed E-state index contributed by atoms with van der Waals surface area (Å²) in [5, 5.41) is 11.4. The summed E-state index contributed by atoms with van der Waals surface area (Å²) in [4.78, 5) is 0. The third-order valence-corrected chi connectivity index (χ3v) is 4.56. The van der Waals surface area contributed by atoms with Crippen molar-refractivity contribution in [1.82, 2.24) is 0 Å². The molecule has 3 atom stereocenters. The number of hydrogen-bond acceptors (Lipinski definition) is 0. The van der Waals surface area contributed by atoms with E-state index in [0.29, 0.717) is 0 Å². The minimum absolute atomic E-state index is 0. The minimum Gasteiger partial charge on any atom is -0.668 e. The molecule has 0 aromatic carbocycles. The van der Waals surface area contributed by atoms with Gasteiger partial charge in [0.1, 0.15) is 0 Å². The van der Waals surface area contributed by atoms with Crippen molar-refractivity contribution in [2.24, 2.45) is 11.8 Å². The standard InChI is InChI=1S/C9H19NP.2C2H6N.CH3.Hf/c1-8-5-4-6-9(8)7-11(3)10-2;2*1-3-2;;/h8-9H,4-7H2,1-3H3;2*1-2H3;1H3;/q4*-1;+4/t8-,9?,11?;;;;/m0..../s1. The fraction of sp³-hybridized carbons (Fsp3) is 0.929. The van der Waals surface area contributed by atoms with Crippen molar-refractivity contribution in [2.45, 2.75) is 26.2 Å². The van der Waals surface area contributed by atoms with Crippen LogP contribution in [0.25, 0.3) is 15.7 Å². The van der Waals surface area contributed by atoms with E-state index >= 15 is 0 Å². The van der Waals surface area contributed by atoms with Gasteiger partial charge in [0.15, 0.2) is 0 Å². The molecule has 1 saturated carbocycles. The van der Waals surface area contributed by atoms with Gasteiger partial charge in [0.2, 0.25) is 0 Å². The predicted molar refractivity (Wildman–Crippen MR) is 90.3 cm³/mol. The summed E-state index contributed by atoms with van der Waals surface area (Å²) in [5.74, 6) is 1.97. The van der Waals surface area contributed by atoms with E-state index in [-0.39, 0.29) is 41.3 Å². The zero-order chi connectivity index (χ0) is 13.7. The van der Waals surface area contributed by atoms with Gasteiger partial charge in [0.25, 0.3) is 0 Å². The Morgan fingerprint density at radius 1 is 1.00 bits per heavy atom. The summed E-state index contributed by atoms with van der Waals surface area (Å²) in [5.41, 5.74) is 0. The van der Waals surface area contributed by atoms with Gasteiger partial charge in [0.05, 0.1) is 0 Å². The van der Waals surface area contributed by atoms with Gasteiger partial charge in [0, 0.05) is 0 Å². The maximum absolute atomic E-state index is 4.35. The third-order valence-electron chi connectivity index (χ3n) is 2.88. The molecule has 0 N–H and O–H groups in total. The van der Waals surface area contributed by atoms with Crippen molar-refractivity contribution in [1.29, 1.82) is 0 Å². The minimum atomic E-state index is 0. The average molecular weight is 454 g/mol. The second kappa shape index (κ2) is 21.5. The monoisotopic (exact) mass is 455 g/mol. The van der Waals surface area contributed by atoms with Crippen LogP contribution in [0.1, 0.15) is 26.2 Å². The Kier molecular flexibility index (Phi) is 32.1. The molecule has 0 bridgehead atoms. The van der Waals surface area contributed by atoms with Crippen molar-refractivity contribution in [3.8, 4) is 0 Å². The molecular weight excluding hydrogens is 420 g/mol. The average Bonchev–Trinajstić information content (AvgIpc) is 2.66. The fourth-order valence-electron chi connectivity index (χ4n) is 1.91. The van der Waals surface area contributed by atoms with E-state index in [1.165, 1.54) is 25.4 Å². The Hall–Kier alpha value is 1.18. The molecule has 0 aromatic heterocycles. The van der Waals surface area contributed by atoms with Crippen LogP contribution in [0.3, 0.4) is 0 Å². The quantitative estimate of drug-likeness (QED) is 0.322. The summed E-state index contributed by atoms with van der Waals surface area (Å²) < 4.78 is 0. The Labute approximate surface area is 143 Å². The molecule has 3 nitrogen and oxygen atoms in total. The van der Waals surface area contributed by atoms with E-state index in [4.69, 9.17) is 0 Å². The number of hydrogen-bond donors (Lipinski definition) is 0. The van der Waals surface area contributed by atoms with E-state index in [1.807, 2.05) is 7.05 Å². The maximum Gasteiger partial charge on any atom is 4.00 e. The van der Waals surface area contributed by atoms with E-state index in [9.17, 15) is 0 Å². The van der Waals surface area contributed by atoms with Gasteiger partial charge in [-0.15, -0.1) is 0 Å². The number of nitrogens with zero attached hydrogens (tertiary/aromatic N) is 3. The third kappa shape index (κ3) is 19.2. The molecule has 2 unspecified atom stereocenters. The number of rotatable bonds is 3. The summed E-state index contributed by atoms with van der Waals surface area (Å²) in [7, 11) is 8.97. The molecule has 0 aromatic rings. The zero-order valence-electron chi connectivity index (χ0n) is 14.3. The summed E-state index contributed by atoms with van der Waals surface area (Å²) in [6, 6.07) is 0. The molecule has 5 heteroatoms. The van der Waals surface area contributed by atoms with Gasteiger partial charge in [-0.05, 0) is 24.4 Å². The topological polar surface area (TPSA) is 42.3 Å². The van der Waals surface area contributed by atoms with Crippen LogP contribution < -0.4 is 0 Å². The van der Waals surface area contributed by atoms with E-state index < -0.39 is 0 Å². The fourth-order valence-corrected chi connectivity index (χ4v) is 3.30. The van der Waals surface area contributed by atoms with Crippen LogP contribution in [0.4, 0.5) is 0 Å². The molecule has 1 fully saturated rings. The normalized spacial score (nSPS) is 21.6. The van der Waals surface area contributed by atoms with Gasteiger partial charge in [-0.25, -0.2) is 8.07 Å². The Bertz CT molecular complexity index is 149. The molecule has 0 heterocycles. The van der Waals surface area contributed by atoms with Gasteiger partial charge in [-0.1, -0.05) is 26.4 Å². The summed E-state index contributed by atoms with van der Waals surface area (Å²) in [6.45, 7) is 4.69. The van der Waals surface area contributed by atoms with Crippen molar-refractivity contribution in [3.05, 3.63) is 23.1 Å². The Morgan fingerprint density at radius 2 is 1.42 bits per heavy atom. The zero-order valence-corrected chi connectivity index (χ0v) is 18.8. The molecule has 19 heavy (non-hydrogen) atoms. The second-order valence-corrected chi connectivity index (χ2v) is 6.68. The van der Waals surface area contributed by atoms with Crippen LogP contribution in [0.2, 0.25) is 0 Å². The SMILES string of the molecule is C[N-]C.C[N-]C.C[N-]P(C)CC1CCC[C@@H]1C.[CH3-].[Hf+4]. The van der Waals surface area contributed by atoms with Gasteiger partial charge < -0.3 is 23.1 Å². The van der Waals surface area contributed by atoms with Crippen LogP contribution in [0.5, 0.6) is 0 Å². The molecule has 0 aliphatic heterocycles.